The van der Waals surface area contributed by atoms with E-state index < -0.39 is 11.5 Å². The minimum atomic E-state index is -1.56. The topological polar surface area (TPSA) is 90.5 Å². The molecule has 4 rings (SSSR count). The van der Waals surface area contributed by atoms with E-state index >= 15 is 0 Å². The normalized spacial score (nSPS) is 33.4. The summed E-state index contributed by atoms with van der Waals surface area (Å²) in [5.74, 6) is -0.412. The SMILES string of the molecule is O=C(CC12CCC(C1)NC2)NCCC1(O)C(=O)Nc2ccccc21. The van der Waals surface area contributed by atoms with Crippen molar-refractivity contribution in [2.45, 2.75) is 43.7 Å². The molecule has 3 aliphatic rings. The predicted octanol–water partition coefficient (Wildman–Crippen LogP) is 0.865. The molecule has 2 amide bonds. The van der Waals surface area contributed by atoms with Crippen molar-refractivity contribution in [1.29, 1.82) is 0 Å². The fraction of sp³-hybridized carbons (Fsp3) is 0.556. The number of nitrogens with one attached hydrogen (secondary N) is 3. The Morgan fingerprint density at radius 1 is 1.38 bits per heavy atom. The molecule has 3 unspecified atom stereocenters. The molecular weight excluding hydrogens is 306 g/mol. The van der Waals surface area contributed by atoms with E-state index in [1.807, 2.05) is 6.07 Å². The smallest absolute Gasteiger partial charge is 0.261 e. The average Bonchev–Trinajstić information content (AvgIpc) is 3.21. The first-order chi connectivity index (χ1) is 11.5. The summed E-state index contributed by atoms with van der Waals surface area (Å²) in [6.07, 6.45) is 4.05. The quantitative estimate of drug-likeness (QED) is 0.645. The van der Waals surface area contributed by atoms with Gasteiger partial charge in [-0.05, 0) is 30.7 Å². The number of carbonyl (C=O) groups is 2. The zero-order valence-electron chi connectivity index (χ0n) is 13.6. The Morgan fingerprint density at radius 2 is 2.21 bits per heavy atom. The van der Waals surface area contributed by atoms with Crippen molar-refractivity contribution in [2.24, 2.45) is 5.41 Å². The highest BCUT2D eigenvalue weighted by atomic mass is 16.3. The second-order valence-corrected chi connectivity index (χ2v) is 7.46. The van der Waals surface area contributed by atoms with Crippen LogP contribution in [0.4, 0.5) is 5.69 Å². The van der Waals surface area contributed by atoms with Gasteiger partial charge in [0.05, 0.1) is 0 Å². The third-order valence-corrected chi connectivity index (χ3v) is 5.81. The maximum atomic E-state index is 12.3. The highest BCUT2D eigenvalue weighted by Gasteiger charge is 2.46. The number of piperidine rings is 1. The van der Waals surface area contributed by atoms with Crippen LogP contribution in [0, 0.1) is 5.41 Å². The third kappa shape index (κ3) is 2.50. The minimum Gasteiger partial charge on any atom is -0.375 e. The van der Waals surface area contributed by atoms with Gasteiger partial charge in [0.25, 0.3) is 5.91 Å². The van der Waals surface area contributed by atoms with Crippen LogP contribution in [-0.4, -0.2) is 36.1 Å². The van der Waals surface area contributed by atoms with Gasteiger partial charge in [0, 0.05) is 43.2 Å². The van der Waals surface area contributed by atoms with Crippen molar-refractivity contribution >= 4 is 17.5 Å². The molecule has 1 aliphatic carbocycles. The summed E-state index contributed by atoms with van der Waals surface area (Å²) in [6, 6.07) is 7.71. The highest BCUT2D eigenvalue weighted by molar-refractivity contribution is 6.04. The van der Waals surface area contributed by atoms with Crippen LogP contribution in [-0.2, 0) is 15.2 Å². The van der Waals surface area contributed by atoms with Gasteiger partial charge in [-0.2, -0.15) is 0 Å². The van der Waals surface area contributed by atoms with Gasteiger partial charge >= 0.3 is 0 Å². The summed E-state index contributed by atoms with van der Waals surface area (Å²) >= 11 is 0. The lowest BCUT2D eigenvalue weighted by Crippen LogP contribution is -2.40. The van der Waals surface area contributed by atoms with Crippen LogP contribution in [0.5, 0.6) is 0 Å². The molecule has 0 spiro atoms. The minimum absolute atomic E-state index is 0.00893. The van der Waals surface area contributed by atoms with E-state index in [1.54, 1.807) is 18.2 Å². The first-order valence-corrected chi connectivity index (χ1v) is 8.64. The Balaban J connectivity index is 1.34. The van der Waals surface area contributed by atoms with Crippen LogP contribution in [0.2, 0.25) is 0 Å². The predicted molar refractivity (Wildman–Crippen MR) is 89.3 cm³/mol. The molecule has 128 valence electrons. The van der Waals surface area contributed by atoms with E-state index in [4.69, 9.17) is 0 Å². The summed E-state index contributed by atoms with van der Waals surface area (Å²) in [5.41, 5.74) is -0.218. The fourth-order valence-electron chi connectivity index (χ4n) is 4.46. The number of anilines is 1. The maximum absolute atomic E-state index is 12.3. The molecule has 0 aromatic heterocycles. The van der Waals surface area contributed by atoms with Crippen molar-refractivity contribution in [3.63, 3.8) is 0 Å². The molecule has 2 aliphatic heterocycles. The standard InChI is InChI=1S/C18H23N3O3/c22-15(10-17-6-5-12(9-17)20-11-17)19-8-7-18(24)13-3-1-2-4-14(13)21-16(18)23/h1-4,12,20,24H,5-11H2,(H,19,22)(H,21,23). The number of hydrogen-bond donors (Lipinski definition) is 4. The van der Waals surface area contributed by atoms with Gasteiger partial charge < -0.3 is 21.1 Å². The number of hydrogen-bond acceptors (Lipinski definition) is 4. The number of aliphatic hydroxyl groups is 1. The summed E-state index contributed by atoms with van der Waals surface area (Å²) in [7, 11) is 0. The van der Waals surface area contributed by atoms with Gasteiger partial charge in [0.2, 0.25) is 5.91 Å². The van der Waals surface area contributed by atoms with Crippen LogP contribution >= 0.6 is 0 Å². The van der Waals surface area contributed by atoms with Crippen LogP contribution in [0.3, 0.4) is 0 Å². The lowest BCUT2D eigenvalue weighted by atomic mass is 9.83. The molecular formula is C18H23N3O3. The molecule has 1 saturated carbocycles. The zero-order chi connectivity index (χ0) is 16.8. The Hall–Kier alpha value is -1.92. The second-order valence-electron chi connectivity index (χ2n) is 7.46. The molecule has 1 aromatic rings. The van der Waals surface area contributed by atoms with Crippen LogP contribution in [0.1, 0.15) is 37.7 Å². The lowest BCUT2D eigenvalue weighted by Gasteiger charge is -2.26. The number of fused-ring (bicyclic) bond motifs is 3. The van der Waals surface area contributed by atoms with E-state index in [0.717, 1.165) is 25.8 Å². The van der Waals surface area contributed by atoms with Crippen molar-refractivity contribution in [2.75, 3.05) is 18.4 Å². The number of amides is 2. The molecule has 1 aromatic carbocycles. The average molecular weight is 329 g/mol. The van der Waals surface area contributed by atoms with E-state index in [-0.39, 0.29) is 24.3 Å². The Kier molecular flexibility index (Phi) is 3.62. The second kappa shape index (κ2) is 5.57. The third-order valence-electron chi connectivity index (χ3n) is 5.81. The van der Waals surface area contributed by atoms with Crippen LogP contribution in [0.25, 0.3) is 0 Å². The number of rotatable bonds is 5. The summed E-state index contributed by atoms with van der Waals surface area (Å²) in [6.45, 7) is 1.20. The van der Waals surface area contributed by atoms with Gasteiger partial charge in [0.1, 0.15) is 0 Å². The Bertz CT molecular complexity index is 682. The van der Waals surface area contributed by atoms with Gasteiger partial charge in [-0.15, -0.1) is 0 Å². The molecule has 2 heterocycles. The molecule has 2 bridgehead atoms. The first-order valence-electron chi connectivity index (χ1n) is 8.64. The van der Waals surface area contributed by atoms with Gasteiger partial charge in [-0.3, -0.25) is 9.59 Å². The molecule has 6 nitrogen and oxygen atoms in total. The lowest BCUT2D eigenvalue weighted by molar-refractivity contribution is -0.135. The van der Waals surface area contributed by atoms with E-state index in [2.05, 4.69) is 16.0 Å². The maximum Gasteiger partial charge on any atom is 0.261 e. The van der Waals surface area contributed by atoms with E-state index in [0.29, 0.717) is 23.7 Å². The fourth-order valence-corrected chi connectivity index (χ4v) is 4.46. The summed E-state index contributed by atoms with van der Waals surface area (Å²) < 4.78 is 0. The Morgan fingerprint density at radius 3 is 2.92 bits per heavy atom. The van der Waals surface area contributed by atoms with Crippen LogP contribution < -0.4 is 16.0 Å². The molecule has 1 saturated heterocycles. The number of carbonyl (C=O) groups excluding carboxylic acids is 2. The largest absolute Gasteiger partial charge is 0.375 e. The number of benzene rings is 1. The molecule has 24 heavy (non-hydrogen) atoms. The molecule has 0 radical (unpaired) electrons. The van der Waals surface area contributed by atoms with Crippen molar-refractivity contribution in [3.05, 3.63) is 29.8 Å². The molecule has 4 N–H and O–H groups in total. The van der Waals surface area contributed by atoms with Crippen LogP contribution in [0.15, 0.2) is 24.3 Å². The molecule has 6 heteroatoms. The highest BCUT2D eigenvalue weighted by Crippen LogP contribution is 2.45. The van der Waals surface area contributed by atoms with Gasteiger partial charge in [0.15, 0.2) is 5.60 Å². The van der Waals surface area contributed by atoms with Crippen molar-refractivity contribution in [3.8, 4) is 0 Å². The number of para-hydroxylation sites is 1. The van der Waals surface area contributed by atoms with E-state index in [1.165, 1.54) is 0 Å². The monoisotopic (exact) mass is 329 g/mol. The van der Waals surface area contributed by atoms with Gasteiger partial charge in [-0.25, -0.2) is 0 Å². The van der Waals surface area contributed by atoms with Gasteiger partial charge in [-0.1, -0.05) is 18.2 Å². The zero-order valence-corrected chi connectivity index (χ0v) is 13.6. The first kappa shape index (κ1) is 15.6. The summed E-state index contributed by atoms with van der Waals surface area (Å²) in [5, 5.41) is 19.8. The van der Waals surface area contributed by atoms with Crippen molar-refractivity contribution < 1.29 is 14.7 Å². The summed E-state index contributed by atoms with van der Waals surface area (Å²) in [4.78, 5) is 24.4. The Labute approximate surface area is 141 Å². The molecule has 3 atom stereocenters. The van der Waals surface area contributed by atoms with Crippen molar-refractivity contribution in [1.82, 2.24) is 10.6 Å². The molecule has 2 fully saturated rings. The van der Waals surface area contributed by atoms with E-state index in [9.17, 15) is 14.7 Å².